The molecule has 0 radical (unpaired) electrons. The summed E-state index contributed by atoms with van der Waals surface area (Å²) in [6, 6.07) is 7.44. The number of benzene rings is 1. The molecule has 16 heavy (non-hydrogen) atoms. The van der Waals surface area contributed by atoms with Crippen LogP contribution in [0.3, 0.4) is 0 Å². The van der Waals surface area contributed by atoms with Gasteiger partial charge in [0.2, 0.25) is 5.83 Å². The molecule has 0 aliphatic rings. The van der Waals surface area contributed by atoms with Gasteiger partial charge in [0, 0.05) is 0 Å². The van der Waals surface area contributed by atoms with Gasteiger partial charge in [-0.2, -0.15) is 4.39 Å². The minimum Gasteiger partial charge on any atom is -0.476 e. The molecule has 0 saturated heterocycles. The van der Waals surface area contributed by atoms with E-state index in [0.717, 1.165) is 0 Å². The van der Waals surface area contributed by atoms with Crippen molar-refractivity contribution in [3.8, 4) is 0 Å². The van der Waals surface area contributed by atoms with Gasteiger partial charge in [-0.15, -0.1) is 0 Å². The van der Waals surface area contributed by atoms with Gasteiger partial charge >= 0.3 is 5.97 Å². The van der Waals surface area contributed by atoms with Gasteiger partial charge in [0.15, 0.2) is 9.84 Å². The van der Waals surface area contributed by atoms with E-state index < -0.39 is 27.4 Å². The molecule has 6 heteroatoms. The second kappa shape index (κ2) is 4.89. The van der Waals surface area contributed by atoms with Crippen molar-refractivity contribution in [3.05, 3.63) is 42.2 Å². The van der Waals surface area contributed by atoms with Crippen LogP contribution in [-0.2, 0) is 14.6 Å². The second-order valence-electron chi connectivity index (χ2n) is 2.95. The second-order valence-corrected chi connectivity index (χ2v) is 4.99. The van der Waals surface area contributed by atoms with E-state index in [2.05, 4.69) is 0 Å². The number of carboxylic acids is 1. The number of sulfone groups is 1. The Labute approximate surface area is 91.9 Å². The lowest BCUT2D eigenvalue weighted by atomic mass is 10.4. The molecule has 0 spiro atoms. The van der Waals surface area contributed by atoms with E-state index in [1.807, 2.05) is 0 Å². The molecule has 86 valence electrons. The van der Waals surface area contributed by atoms with E-state index in [-0.39, 0.29) is 4.90 Å². The van der Waals surface area contributed by atoms with Crippen molar-refractivity contribution < 1.29 is 22.7 Å². The molecule has 1 aromatic rings. The van der Waals surface area contributed by atoms with Crippen LogP contribution in [0.25, 0.3) is 0 Å². The van der Waals surface area contributed by atoms with Crippen molar-refractivity contribution in [2.24, 2.45) is 0 Å². The van der Waals surface area contributed by atoms with E-state index in [0.29, 0.717) is 6.08 Å². The third kappa shape index (κ3) is 3.16. The zero-order valence-electron chi connectivity index (χ0n) is 8.13. The largest absolute Gasteiger partial charge is 0.476 e. The van der Waals surface area contributed by atoms with Crippen LogP contribution < -0.4 is 0 Å². The first-order chi connectivity index (χ1) is 7.43. The van der Waals surface area contributed by atoms with Crippen molar-refractivity contribution in [1.29, 1.82) is 0 Å². The number of carbonyl (C=O) groups is 1. The normalized spacial score (nSPS) is 12.4. The maximum atomic E-state index is 12.6. The first kappa shape index (κ1) is 12.4. The third-order valence-corrected chi connectivity index (χ3v) is 3.38. The molecule has 4 nitrogen and oxygen atoms in total. The summed E-state index contributed by atoms with van der Waals surface area (Å²) in [4.78, 5) is 10.1. The molecule has 1 rings (SSSR count). The van der Waals surface area contributed by atoms with Gasteiger partial charge in [0.1, 0.15) is 0 Å². The van der Waals surface area contributed by atoms with Crippen LogP contribution in [0.4, 0.5) is 4.39 Å². The highest BCUT2D eigenvalue weighted by Crippen LogP contribution is 2.11. The summed E-state index contributed by atoms with van der Waals surface area (Å²) in [6.07, 6.45) is 0.532. The number of hydrogen-bond donors (Lipinski definition) is 1. The maximum Gasteiger partial charge on any atom is 0.364 e. The third-order valence-electron chi connectivity index (χ3n) is 1.79. The Morgan fingerprint density at radius 1 is 1.31 bits per heavy atom. The van der Waals surface area contributed by atoms with Crippen molar-refractivity contribution in [3.63, 3.8) is 0 Å². The summed E-state index contributed by atoms with van der Waals surface area (Å²) in [5.74, 6) is -3.92. The molecular weight excluding hydrogens is 235 g/mol. The topological polar surface area (TPSA) is 71.4 Å². The molecule has 1 aromatic carbocycles. The molecular formula is C10H9FO4S. The molecule has 1 N–H and O–H groups in total. The lowest BCUT2D eigenvalue weighted by Crippen LogP contribution is -2.06. The van der Waals surface area contributed by atoms with E-state index in [4.69, 9.17) is 5.11 Å². The average Bonchev–Trinajstić information content (AvgIpc) is 2.27. The number of rotatable bonds is 4. The highest BCUT2D eigenvalue weighted by atomic mass is 32.2. The van der Waals surface area contributed by atoms with Gasteiger partial charge in [-0.1, -0.05) is 18.2 Å². The summed E-state index contributed by atoms with van der Waals surface area (Å²) in [7, 11) is -3.67. The molecule has 0 bridgehead atoms. The Balaban J connectivity index is 2.90. The van der Waals surface area contributed by atoms with Crippen molar-refractivity contribution in [2.75, 3.05) is 5.75 Å². The van der Waals surface area contributed by atoms with E-state index in [1.165, 1.54) is 24.3 Å². The minimum atomic E-state index is -3.67. The van der Waals surface area contributed by atoms with Crippen molar-refractivity contribution in [1.82, 2.24) is 0 Å². The van der Waals surface area contributed by atoms with Crippen molar-refractivity contribution in [2.45, 2.75) is 4.90 Å². The Hall–Kier alpha value is -1.69. The highest BCUT2D eigenvalue weighted by molar-refractivity contribution is 7.91. The molecule has 0 heterocycles. The quantitative estimate of drug-likeness (QED) is 0.812. The zero-order valence-corrected chi connectivity index (χ0v) is 8.95. The molecule has 0 atom stereocenters. The van der Waals surface area contributed by atoms with E-state index >= 15 is 0 Å². The van der Waals surface area contributed by atoms with Crippen LogP contribution in [0.5, 0.6) is 0 Å². The molecule has 0 saturated carbocycles. The first-order valence-corrected chi connectivity index (χ1v) is 5.95. The predicted molar refractivity (Wildman–Crippen MR) is 55.3 cm³/mol. The van der Waals surface area contributed by atoms with Crippen LogP contribution >= 0.6 is 0 Å². The molecule has 0 aliphatic heterocycles. The number of hydrogen-bond acceptors (Lipinski definition) is 3. The highest BCUT2D eigenvalue weighted by Gasteiger charge is 2.14. The van der Waals surface area contributed by atoms with Crippen LogP contribution in [0, 0.1) is 0 Å². The lowest BCUT2D eigenvalue weighted by molar-refractivity contribution is -0.134. The van der Waals surface area contributed by atoms with Gasteiger partial charge < -0.3 is 5.11 Å². The standard InChI is InChI=1S/C10H9FO4S/c11-9(10(12)13)6-7-16(14,15)8-4-2-1-3-5-8/h1-6H,7H2,(H,12,13)/b9-6-. The van der Waals surface area contributed by atoms with Crippen LogP contribution in [-0.4, -0.2) is 25.2 Å². The van der Waals surface area contributed by atoms with E-state index in [9.17, 15) is 17.6 Å². The van der Waals surface area contributed by atoms with Gasteiger partial charge in [-0.05, 0) is 18.2 Å². The Morgan fingerprint density at radius 2 is 1.88 bits per heavy atom. The molecule has 0 amide bonds. The first-order valence-electron chi connectivity index (χ1n) is 4.30. The summed E-state index contributed by atoms with van der Waals surface area (Å²) < 4.78 is 35.7. The minimum absolute atomic E-state index is 0.0319. The monoisotopic (exact) mass is 244 g/mol. The number of aliphatic carboxylic acids is 1. The van der Waals surface area contributed by atoms with Crippen molar-refractivity contribution >= 4 is 15.8 Å². The zero-order chi connectivity index (χ0) is 12.2. The SMILES string of the molecule is O=C(O)/C(F)=C/CS(=O)(=O)c1ccccc1. The lowest BCUT2D eigenvalue weighted by Gasteiger charge is -2.00. The van der Waals surface area contributed by atoms with E-state index in [1.54, 1.807) is 6.07 Å². The smallest absolute Gasteiger partial charge is 0.364 e. The average molecular weight is 244 g/mol. The fraction of sp³-hybridized carbons (Fsp3) is 0.100. The fourth-order valence-electron chi connectivity index (χ4n) is 0.994. The summed E-state index contributed by atoms with van der Waals surface area (Å²) >= 11 is 0. The fourth-order valence-corrected chi connectivity index (χ4v) is 2.12. The van der Waals surface area contributed by atoms with Crippen LogP contribution in [0.1, 0.15) is 0 Å². The molecule has 0 unspecified atom stereocenters. The van der Waals surface area contributed by atoms with Gasteiger partial charge in [0.25, 0.3) is 0 Å². The number of halogens is 1. The summed E-state index contributed by atoms with van der Waals surface area (Å²) in [6.45, 7) is 0. The maximum absolute atomic E-state index is 12.6. The Bertz CT molecular complexity index is 505. The van der Waals surface area contributed by atoms with Gasteiger partial charge in [-0.3, -0.25) is 0 Å². The van der Waals surface area contributed by atoms with Crippen LogP contribution in [0.2, 0.25) is 0 Å². The van der Waals surface area contributed by atoms with Crippen LogP contribution in [0.15, 0.2) is 47.1 Å². The summed E-state index contributed by atoms with van der Waals surface area (Å²) in [5.41, 5.74) is 0. The van der Waals surface area contributed by atoms with Gasteiger partial charge in [-0.25, -0.2) is 13.2 Å². The Kier molecular flexibility index (Phi) is 3.78. The molecule has 0 fully saturated rings. The Morgan fingerprint density at radius 3 is 2.38 bits per heavy atom. The molecule has 0 aromatic heterocycles. The predicted octanol–water partition coefficient (Wildman–Crippen LogP) is 1.40. The summed E-state index contributed by atoms with van der Waals surface area (Å²) in [5, 5.41) is 8.21. The van der Waals surface area contributed by atoms with Gasteiger partial charge in [0.05, 0.1) is 10.6 Å². The number of carboxylic acid groups (broad SMARTS) is 1. The molecule has 0 aliphatic carbocycles.